The molecule has 5 nitrogen and oxygen atoms in total. The molecule has 0 saturated heterocycles. The van der Waals surface area contributed by atoms with Crippen molar-refractivity contribution >= 4 is 34.6 Å². The van der Waals surface area contributed by atoms with E-state index in [0.717, 1.165) is 33.2 Å². The number of nitrogens with zero attached hydrogens (tertiary/aromatic N) is 3. The molecule has 1 atom stereocenters. The van der Waals surface area contributed by atoms with Gasteiger partial charge in [0.15, 0.2) is 11.5 Å². The zero-order chi connectivity index (χ0) is 18.2. The second kappa shape index (κ2) is 6.66. The van der Waals surface area contributed by atoms with E-state index in [1.165, 1.54) is 12.1 Å². The van der Waals surface area contributed by atoms with Gasteiger partial charge in [0.05, 0.1) is 17.5 Å². The molecule has 0 aromatic heterocycles. The summed E-state index contributed by atoms with van der Waals surface area (Å²) in [5.74, 6) is 1.84. The van der Waals surface area contributed by atoms with Gasteiger partial charge >= 0.3 is 0 Å². The molecule has 5 rings (SSSR count). The zero-order valence-corrected chi connectivity index (χ0v) is 14.9. The molecule has 0 amide bonds. The second-order valence-electron chi connectivity index (χ2n) is 6.20. The molecule has 0 N–H and O–H groups in total. The Labute approximate surface area is 159 Å². The Bertz CT molecular complexity index is 1030. The Kier molecular flexibility index (Phi) is 4.01. The number of benzene rings is 2. The fourth-order valence-corrected chi connectivity index (χ4v) is 4.18. The van der Waals surface area contributed by atoms with Crippen LogP contribution in [0.3, 0.4) is 0 Å². The fourth-order valence-electron chi connectivity index (χ4n) is 3.19. The van der Waals surface area contributed by atoms with E-state index in [-0.39, 0.29) is 18.5 Å². The number of hydrogen-bond acceptors (Lipinski definition) is 5. The Morgan fingerprint density at radius 1 is 1.11 bits per heavy atom. The maximum Gasteiger partial charge on any atom is 0.231 e. The summed E-state index contributed by atoms with van der Waals surface area (Å²) in [4.78, 5) is 13.5. The number of ether oxygens (including phenoxy) is 2. The number of halogens is 1. The van der Waals surface area contributed by atoms with Crippen molar-refractivity contribution in [2.45, 2.75) is 6.54 Å². The highest BCUT2D eigenvalue weighted by Crippen LogP contribution is 2.40. The minimum Gasteiger partial charge on any atom is -0.454 e. The van der Waals surface area contributed by atoms with Gasteiger partial charge in [-0.1, -0.05) is 30.0 Å². The Hall–Kier alpha value is -2.93. The van der Waals surface area contributed by atoms with Crippen molar-refractivity contribution < 1.29 is 13.9 Å². The number of amidine groups is 1. The molecular weight excluding hydrogens is 365 g/mol. The lowest BCUT2D eigenvalue weighted by Crippen LogP contribution is -2.22. The lowest BCUT2D eigenvalue weighted by atomic mass is 9.93. The maximum absolute atomic E-state index is 13.3. The van der Waals surface area contributed by atoms with Gasteiger partial charge in [-0.15, -0.1) is 0 Å². The normalized spacial score (nSPS) is 21.2. The van der Waals surface area contributed by atoms with E-state index in [4.69, 9.17) is 14.5 Å². The monoisotopic (exact) mass is 379 g/mol. The van der Waals surface area contributed by atoms with Gasteiger partial charge in [-0.25, -0.2) is 14.4 Å². The number of thioether (sulfide) groups is 1. The van der Waals surface area contributed by atoms with Crippen LogP contribution in [0, 0.1) is 11.7 Å². The zero-order valence-electron chi connectivity index (χ0n) is 14.1. The van der Waals surface area contributed by atoms with Crippen molar-refractivity contribution in [3.63, 3.8) is 0 Å². The van der Waals surface area contributed by atoms with Gasteiger partial charge in [0.1, 0.15) is 18.0 Å². The Morgan fingerprint density at radius 2 is 1.96 bits per heavy atom. The predicted octanol–water partition coefficient (Wildman–Crippen LogP) is 4.30. The summed E-state index contributed by atoms with van der Waals surface area (Å²) in [7, 11) is 0. The summed E-state index contributed by atoms with van der Waals surface area (Å²) in [5.41, 5.74) is 3.01. The molecule has 7 heteroatoms. The third kappa shape index (κ3) is 3.04. The highest BCUT2D eigenvalue weighted by Gasteiger charge is 2.33. The first-order valence-electron chi connectivity index (χ1n) is 8.44. The average Bonchev–Trinajstić information content (AvgIpc) is 3.33. The highest BCUT2D eigenvalue weighted by atomic mass is 32.2. The van der Waals surface area contributed by atoms with Gasteiger partial charge in [-0.3, -0.25) is 4.99 Å². The van der Waals surface area contributed by atoms with E-state index >= 15 is 0 Å². The molecule has 3 heterocycles. The van der Waals surface area contributed by atoms with Gasteiger partial charge in [-0.2, -0.15) is 0 Å². The molecule has 0 fully saturated rings. The van der Waals surface area contributed by atoms with E-state index in [9.17, 15) is 4.39 Å². The second-order valence-corrected chi connectivity index (χ2v) is 7.09. The van der Waals surface area contributed by atoms with Crippen molar-refractivity contribution in [1.82, 2.24) is 0 Å². The molecule has 0 aliphatic carbocycles. The van der Waals surface area contributed by atoms with Crippen molar-refractivity contribution in [2.75, 3.05) is 6.79 Å². The Morgan fingerprint density at radius 3 is 2.85 bits per heavy atom. The van der Waals surface area contributed by atoms with E-state index in [1.54, 1.807) is 30.2 Å². The van der Waals surface area contributed by atoms with Crippen LogP contribution in [0.1, 0.15) is 11.1 Å². The summed E-state index contributed by atoms with van der Waals surface area (Å²) in [6, 6.07) is 12.3. The molecule has 0 radical (unpaired) electrons. The van der Waals surface area contributed by atoms with E-state index < -0.39 is 0 Å². The third-order valence-corrected chi connectivity index (χ3v) is 5.49. The molecule has 3 aliphatic rings. The Balaban J connectivity index is 1.42. The smallest absolute Gasteiger partial charge is 0.231 e. The van der Waals surface area contributed by atoms with Crippen molar-refractivity contribution in [2.24, 2.45) is 20.9 Å². The first-order valence-corrected chi connectivity index (χ1v) is 9.32. The summed E-state index contributed by atoms with van der Waals surface area (Å²) in [5, 5.41) is 2.98. The molecule has 0 saturated carbocycles. The van der Waals surface area contributed by atoms with Crippen LogP contribution >= 0.6 is 11.8 Å². The first-order chi connectivity index (χ1) is 13.3. The van der Waals surface area contributed by atoms with Gasteiger partial charge in [-0.05, 0) is 46.4 Å². The van der Waals surface area contributed by atoms with E-state index in [1.807, 2.05) is 23.6 Å². The molecule has 27 heavy (non-hydrogen) atoms. The van der Waals surface area contributed by atoms with Crippen LogP contribution < -0.4 is 9.47 Å². The van der Waals surface area contributed by atoms with Crippen LogP contribution in [0.2, 0.25) is 0 Å². The fraction of sp³-hybridized carbons (Fsp3) is 0.150. The average molecular weight is 379 g/mol. The molecule has 134 valence electrons. The van der Waals surface area contributed by atoms with Crippen LogP contribution in [0.4, 0.5) is 4.39 Å². The molecule has 1 unspecified atom stereocenters. The number of hydrogen-bond donors (Lipinski definition) is 0. The minimum atomic E-state index is -0.253. The summed E-state index contributed by atoms with van der Waals surface area (Å²) in [6.45, 7) is 0.733. The molecule has 3 aliphatic heterocycles. The maximum atomic E-state index is 13.3. The minimum absolute atomic E-state index is 0.112. The first kappa shape index (κ1) is 16.3. The van der Waals surface area contributed by atoms with Gasteiger partial charge in [0, 0.05) is 0 Å². The van der Waals surface area contributed by atoms with Gasteiger partial charge in [0.2, 0.25) is 6.79 Å². The SMILES string of the molecule is Fc1ccc(C2=CSC3=NC=NC(=NCc4ccc5c(c4)OCO5)C23)cc1. The topological polar surface area (TPSA) is 55.5 Å². The summed E-state index contributed by atoms with van der Waals surface area (Å²) in [6.07, 6.45) is 1.54. The lowest BCUT2D eigenvalue weighted by molar-refractivity contribution is 0.174. The van der Waals surface area contributed by atoms with Crippen molar-refractivity contribution in [3.05, 3.63) is 64.8 Å². The van der Waals surface area contributed by atoms with Crippen LogP contribution in [-0.4, -0.2) is 24.0 Å². The van der Waals surface area contributed by atoms with Crippen LogP contribution in [-0.2, 0) is 6.54 Å². The quantitative estimate of drug-likeness (QED) is 0.799. The van der Waals surface area contributed by atoms with Gasteiger partial charge < -0.3 is 9.47 Å². The van der Waals surface area contributed by atoms with E-state index in [0.29, 0.717) is 12.4 Å². The van der Waals surface area contributed by atoms with Crippen molar-refractivity contribution in [1.29, 1.82) is 0 Å². The lowest BCUT2D eigenvalue weighted by Gasteiger charge is -2.18. The molecule has 0 spiro atoms. The number of rotatable bonds is 3. The molecule has 0 bridgehead atoms. The largest absolute Gasteiger partial charge is 0.454 e. The van der Waals surface area contributed by atoms with Crippen LogP contribution in [0.25, 0.3) is 5.57 Å². The highest BCUT2D eigenvalue weighted by molar-refractivity contribution is 8.17. The predicted molar refractivity (Wildman–Crippen MR) is 105 cm³/mol. The van der Waals surface area contributed by atoms with Crippen molar-refractivity contribution in [3.8, 4) is 11.5 Å². The van der Waals surface area contributed by atoms with Crippen LogP contribution in [0.15, 0.2) is 62.8 Å². The number of fused-ring (bicyclic) bond motifs is 2. The van der Waals surface area contributed by atoms with Crippen LogP contribution in [0.5, 0.6) is 11.5 Å². The van der Waals surface area contributed by atoms with Gasteiger partial charge in [0.25, 0.3) is 0 Å². The standard InChI is InChI=1S/C20H14FN3O2S/c21-14-4-2-13(3-5-14)15-9-27-20-18(15)19(23-10-24-20)22-8-12-1-6-16-17(7-12)26-11-25-16/h1-7,9-10,18H,8,11H2. The molecular formula is C20H14FN3O2S. The molecule has 2 aromatic carbocycles. The summed E-state index contributed by atoms with van der Waals surface area (Å²) >= 11 is 1.56. The number of aliphatic imine (C=N–C) groups is 3. The third-order valence-electron chi connectivity index (χ3n) is 4.54. The van der Waals surface area contributed by atoms with E-state index in [2.05, 4.69) is 9.98 Å². The molecule has 2 aromatic rings. The summed E-state index contributed by atoms with van der Waals surface area (Å²) < 4.78 is 24.0.